The Kier molecular flexibility index (Phi) is 3.73. The third kappa shape index (κ3) is 3.19. The number of piperidine rings is 1. The van der Waals surface area contributed by atoms with Crippen LogP contribution in [0.2, 0.25) is 0 Å². The molecule has 1 saturated heterocycles. The molecule has 17 heavy (non-hydrogen) atoms. The first kappa shape index (κ1) is 12.8. The quantitative estimate of drug-likeness (QED) is 0.738. The SMILES string of the molecule is CS(=O)(=O)C1CCCC1NC1CCC(=O)NC1. The predicted octanol–water partition coefficient (Wildman–Crippen LogP) is -0.180. The minimum absolute atomic E-state index is 0.0602. The van der Waals surface area contributed by atoms with E-state index in [9.17, 15) is 13.2 Å². The number of carbonyl (C=O) groups excluding carboxylic acids is 1. The minimum Gasteiger partial charge on any atom is -0.355 e. The summed E-state index contributed by atoms with van der Waals surface area (Å²) >= 11 is 0. The van der Waals surface area contributed by atoms with Gasteiger partial charge in [0.15, 0.2) is 9.84 Å². The lowest BCUT2D eigenvalue weighted by molar-refractivity contribution is -0.122. The summed E-state index contributed by atoms with van der Waals surface area (Å²) in [6.07, 6.45) is 5.30. The van der Waals surface area contributed by atoms with Crippen LogP contribution in [0.25, 0.3) is 0 Å². The molecule has 1 saturated carbocycles. The third-order valence-corrected chi connectivity index (χ3v) is 5.38. The molecule has 98 valence electrons. The van der Waals surface area contributed by atoms with Crippen LogP contribution in [0.5, 0.6) is 0 Å². The summed E-state index contributed by atoms with van der Waals surface area (Å²) in [6, 6.07) is 0.282. The second-order valence-corrected chi connectivity index (χ2v) is 7.38. The first-order valence-corrected chi connectivity index (χ1v) is 8.14. The van der Waals surface area contributed by atoms with Crippen LogP contribution in [-0.2, 0) is 14.6 Å². The van der Waals surface area contributed by atoms with Gasteiger partial charge in [0.25, 0.3) is 0 Å². The van der Waals surface area contributed by atoms with Crippen LogP contribution in [0.1, 0.15) is 32.1 Å². The Morgan fingerprint density at radius 1 is 1.29 bits per heavy atom. The Hall–Kier alpha value is -0.620. The maximum Gasteiger partial charge on any atom is 0.220 e. The standard InChI is InChI=1S/C11H20N2O3S/c1-17(15,16)10-4-2-3-9(10)13-8-5-6-11(14)12-7-8/h8-10,13H,2-7H2,1H3,(H,12,14). The van der Waals surface area contributed by atoms with Gasteiger partial charge in [-0.05, 0) is 19.3 Å². The molecule has 0 aromatic rings. The summed E-state index contributed by atoms with van der Waals surface area (Å²) in [7, 11) is -2.96. The van der Waals surface area contributed by atoms with Crippen LogP contribution in [0.4, 0.5) is 0 Å². The lowest BCUT2D eigenvalue weighted by Gasteiger charge is -2.29. The van der Waals surface area contributed by atoms with Gasteiger partial charge in [0.1, 0.15) is 0 Å². The minimum atomic E-state index is -2.96. The van der Waals surface area contributed by atoms with Gasteiger partial charge < -0.3 is 10.6 Å². The largest absolute Gasteiger partial charge is 0.355 e. The van der Waals surface area contributed by atoms with E-state index in [1.54, 1.807) is 0 Å². The number of nitrogens with one attached hydrogen (secondary N) is 2. The Bertz CT molecular complexity index is 384. The van der Waals surface area contributed by atoms with Crippen molar-refractivity contribution in [1.29, 1.82) is 0 Å². The van der Waals surface area contributed by atoms with Gasteiger partial charge in [-0.2, -0.15) is 0 Å². The van der Waals surface area contributed by atoms with Crippen LogP contribution in [-0.4, -0.2) is 44.5 Å². The van der Waals surface area contributed by atoms with E-state index in [0.717, 1.165) is 25.7 Å². The van der Waals surface area contributed by atoms with Crippen LogP contribution < -0.4 is 10.6 Å². The van der Waals surface area contributed by atoms with Crippen molar-refractivity contribution in [2.75, 3.05) is 12.8 Å². The van der Waals surface area contributed by atoms with Crippen molar-refractivity contribution in [2.45, 2.75) is 49.4 Å². The smallest absolute Gasteiger partial charge is 0.220 e. The average Bonchev–Trinajstić information content (AvgIpc) is 2.69. The molecule has 1 aliphatic carbocycles. The number of rotatable bonds is 3. The third-order valence-electron chi connectivity index (χ3n) is 3.72. The molecule has 1 heterocycles. The molecule has 2 N–H and O–H groups in total. The molecule has 2 rings (SSSR count). The summed E-state index contributed by atoms with van der Waals surface area (Å²) in [5.74, 6) is 0.0918. The Morgan fingerprint density at radius 3 is 2.65 bits per heavy atom. The van der Waals surface area contributed by atoms with Crippen LogP contribution in [0.15, 0.2) is 0 Å². The van der Waals surface area contributed by atoms with Gasteiger partial charge in [-0.25, -0.2) is 8.42 Å². The maximum absolute atomic E-state index is 11.6. The highest BCUT2D eigenvalue weighted by molar-refractivity contribution is 7.91. The van der Waals surface area contributed by atoms with Crippen molar-refractivity contribution < 1.29 is 13.2 Å². The van der Waals surface area contributed by atoms with E-state index < -0.39 is 9.84 Å². The monoisotopic (exact) mass is 260 g/mol. The summed E-state index contributed by atoms with van der Waals surface area (Å²) in [6.45, 7) is 0.617. The molecule has 2 aliphatic rings. The maximum atomic E-state index is 11.6. The van der Waals surface area contributed by atoms with Gasteiger partial charge in [0.2, 0.25) is 5.91 Å². The van der Waals surface area contributed by atoms with Gasteiger partial charge in [-0.15, -0.1) is 0 Å². The fraction of sp³-hybridized carbons (Fsp3) is 0.909. The zero-order valence-corrected chi connectivity index (χ0v) is 10.9. The Morgan fingerprint density at radius 2 is 2.06 bits per heavy atom. The molecule has 6 heteroatoms. The van der Waals surface area contributed by atoms with E-state index in [1.165, 1.54) is 6.26 Å². The number of carbonyl (C=O) groups is 1. The topological polar surface area (TPSA) is 75.3 Å². The molecule has 1 aliphatic heterocycles. The second kappa shape index (κ2) is 4.94. The molecule has 3 unspecified atom stereocenters. The molecule has 1 amide bonds. The summed E-state index contributed by atoms with van der Waals surface area (Å²) < 4.78 is 23.3. The lowest BCUT2D eigenvalue weighted by atomic mass is 10.1. The molecule has 0 aromatic heterocycles. The normalized spacial score (nSPS) is 34.6. The zero-order valence-electron chi connectivity index (χ0n) is 10.1. The molecule has 5 nitrogen and oxygen atoms in total. The van der Waals surface area contributed by atoms with Crippen molar-refractivity contribution in [3.05, 3.63) is 0 Å². The van der Waals surface area contributed by atoms with Crippen LogP contribution >= 0.6 is 0 Å². The van der Waals surface area contributed by atoms with Crippen LogP contribution in [0.3, 0.4) is 0 Å². The highest BCUT2D eigenvalue weighted by atomic mass is 32.2. The Labute approximate surface area is 102 Å². The molecule has 2 fully saturated rings. The van der Waals surface area contributed by atoms with Gasteiger partial charge >= 0.3 is 0 Å². The number of sulfone groups is 1. The van der Waals surface area contributed by atoms with Crippen molar-refractivity contribution >= 4 is 15.7 Å². The molecule has 0 bridgehead atoms. The molecular weight excluding hydrogens is 240 g/mol. The summed E-state index contributed by atoms with van der Waals surface area (Å²) in [4.78, 5) is 11.0. The van der Waals surface area contributed by atoms with E-state index in [2.05, 4.69) is 10.6 Å². The lowest BCUT2D eigenvalue weighted by Crippen LogP contribution is -2.52. The van der Waals surface area contributed by atoms with Gasteiger partial charge in [-0.1, -0.05) is 6.42 Å². The fourth-order valence-electron chi connectivity index (χ4n) is 2.81. The van der Waals surface area contributed by atoms with Gasteiger partial charge in [-0.3, -0.25) is 4.79 Å². The van der Waals surface area contributed by atoms with E-state index in [-0.39, 0.29) is 23.2 Å². The zero-order chi connectivity index (χ0) is 12.5. The summed E-state index contributed by atoms with van der Waals surface area (Å²) in [5.41, 5.74) is 0. The van der Waals surface area contributed by atoms with Crippen molar-refractivity contribution in [2.24, 2.45) is 0 Å². The molecule has 0 radical (unpaired) electrons. The number of amides is 1. The van der Waals surface area contributed by atoms with E-state index in [0.29, 0.717) is 13.0 Å². The second-order valence-electron chi connectivity index (χ2n) is 5.11. The number of hydrogen-bond donors (Lipinski definition) is 2. The highest BCUT2D eigenvalue weighted by Gasteiger charge is 2.36. The Balaban J connectivity index is 1.92. The average molecular weight is 260 g/mol. The van der Waals surface area contributed by atoms with E-state index >= 15 is 0 Å². The van der Waals surface area contributed by atoms with Crippen molar-refractivity contribution in [3.63, 3.8) is 0 Å². The molecule has 0 aromatic carbocycles. The summed E-state index contributed by atoms with van der Waals surface area (Å²) in [5, 5.41) is 5.96. The first-order valence-electron chi connectivity index (χ1n) is 6.18. The fourth-order valence-corrected chi connectivity index (χ4v) is 4.21. The molecule has 0 spiro atoms. The van der Waals surface area contributed by atoms with Gasteiger partial charge in [0, 0.05) is 31.3 Å². The van der Waals surface area contributed by atoms with E-state index in [1.807, 2.05) is 0 Å². The van der Waals surface area contributed by atoms with Crippen molar-refractivity contribution in [1.82, 2.24) is 10.6 Å². The number of hydrogen-bond acceptors (Lipinski definition) is 4. The molecule has 3 atom stereocenters. The molecular formula is C11H20N2O3S. The first-order chi connectivity index (χ1) is 7.97. The predicted molar refractivity (Wildman–Crippen MR) is 65.4 cm³/mol. The van der Waals surface area contributed by atoms with Crippen molar-refractivity contribution in [3.8, 4) is 0 Å². The highest BCUT2D eigenvalue weighted by Crippen LogP contribution is 2.25. The van der Waals surface area contributed by atoms with Crippen LogP contribution in [0, 0.1) is 0 Å². The van der Waals surface area contributed by atoms with Gasteiger partial charge in [0.05, 0.1) is 5.25 Å². The van der Waals surface area contributed by atoms with E-state index in [4.69, 9.17) is 0 Å².